The predicted molar refractivity (Wildman–Crippen MR) is 106 cm³/mol. The van der Waals surface area contributed by atoms with Crippen molar-refractivity contribution in [1.82, 2.24) is 4.98 Å². The zero-order valence-corrected chi connectivity index (χ0v) is 14.9. The number of hydrogen-bond donors (Lipinski definition) is 2. The molecule has 2 N–H and O–H groups in total. The summed E-state index contributed by atoms with van der Waals surface area (Å²) in [6, 6.07) is 13.3. The molecule has 26 heavy (non-hydrogen) atoms. The molecule has 0 aliphatic carbocycles. The molecule has 4 nitrogen and oxygen atoms in total. The Kier molecular flexibility index (Phi) is 4.08. The molecule has 0 aliphatic heterocycles. The number of benzene rings is 2. The van der Waals surface area contributed by atoms with Crippen molar-refractivity contribution in [3.05, 3.63) is 80.7 Å². The van der Waals surface area contributed by atoms with Crippen LogP contribution in [0.25, 0.3) is 37.0 Å². The van der Waals surface area contributed by atoms with Gasteiger partial charge in [0.05, 0.1) is 6.61 Å². The molecular formula is C21H16N2O2S. The number of fused-ring (bicyclic) bond motifs is 3. The van der Waals surface area contributed by atoms with Crippen LogP contribution in [0, 0.1) is 6.57 Å². The number of aliphatic hydroxyl groups excluding tert-OH is 1. The van der Waals surface area contributed by atoms with E-state index in [1.807, 2.05) is 54.8 Å². The van der Waals surface area contributed by atoms with Crippen LogP contribution in [0.5, 0.6) is 0 Å². The monoisotopic (exact) mass is 360 g/mol. The summed E-state index contributed by atoms with van der Waals surface area (Å²) in [4.78, 5) is 18.8. The zero-order valence-electron chi connectivity index (χ0n) is 14.1. The van der Waals surface area contributed by atoms with Gasteiger partial charge >= 0.3 is 0 Å². The maximum Gasteiger partial charge on any atom is 0.266 e. The maximum absolute atomic E-state index is 12.3. The fraction of sp³-hybridized carbons (Fsp3) is 0.143. The Morgan fingerprint density at radius 3 is 2.65 bits per heavy atom. The summed E-state index contributed by atoms with van der Waals surface area (Å²) in [6.07, 6.45) is 0. The van der Waals surface area contributed by atoms with Crippen molar-refractivity contribution in [2.45, 2.75) is 19.6 Å². The Balaban J connectivity index is 2.06. The van der Waals surface area contributed by atoms with Gasteiger partial charge in [0.15, 0.2) is 0 Å². The van der Waals surface area contributed by atoms with Gasteiger partial charge in [0.25, 0.3) is 5.56 Å². The Hall–Kier alpha value is -2.94. The predicted octanol–water partition coefficient (Wildman–Crippen LogP) is 4.88. The highest BCUT2D eigenvalue weighted by molar-refractivity contribution is 7.17. The molecule has 0 radical (unpaired) electrons. The van der Waals surface area contributed by atoms with Gasteiger partial charge in [0.1, 0.15) is 4.70 Å². The number of aliphatic hydroxyl groups is 1. The first-order chi connectivity index (χ1) is 12.6. The molecule has 0 aliphatic rings. The summed E-state index contributed by atoms with van der Waals surface area (Å²) in [5.41, 5.74) is 4.32. The molecule has 1 atom stereocenters. The van der Waals surface area contributed by atoms with Crippen molar-refractivity contribution < 1.29 is 5.11 Å². The van der Waals surface area contributed by atoms with E-state index in [4.69, 9.17) is 6.57 Å². The van der Waals surface area contributed by atoms with Crippen molar-refractivity contribution in [2.24, 2.45) is 0 Å². The fourth-order valence-corrected chi connectivity index (χ4v) is 4.15. The minimum absolute atomic E-state index is 0.0871. The maximum atomic E-state index is 12.3. The molecule has 4 aromatic rings. The molecule has 5 heteroatoms. The Bertz CT molecular complexity index is 1210. The second-order valence-corrected chi connectivity index (χ2v) is 7.14. The highest BCUT2D eigenvalue weighted by atomic mass is 32.1. The minimum Gasteiger partial charge on any atom is -0.392 e. The number of aromatic amines is 1. The molecule has 2 heterocycles. The minimum atomic E-state index is -0.186. The summed E-state index contributed by atoms with van der Waals surface area (Å²) < 4.78 is 0.687. The van der Waals surface area contributed by atoms with Gasteiger partial charge in [0.2, 0.25) is 6.04 Å². The van der Waals surface area contributed by atoms with Gasteiger partial charge in [-0.05, 0) is 34.2 Å². The molecule has 0 saturated carbocycles. The lowest BCUT2D eigenvalue weighted by molar-refractivity contribution is 0.282. The number of nitrogens with one attached hydrogen (secondary N) is 1. The molecule has 0 fully saturated rings. The van der Waals surface area contributed by atoms with Gasteiger partial charge in [-0.25, -0.2) is 6.57 Å². The number of aromatic nitrogens is 1. The van der Waals surface area contributed by atoms with Gasteiger partial charge in [0, 0.05) is 28.8 Å². The number of thiophene rings is 1. The smallest absolute Gasteiger partial charge is 0.266 e. The Morgan fingerprint density at radius 1 is 1.19 bits per heavy atom. The van der Waals surface area contributed by atoms with Crippen molar-refractivity contribution >= 4 is 32.3 Å². The lowest BCUT2D eigenvalue weighted by Crippen LogP contribution is -2.05. The van der Waals surface area contributed by atoms with Crippen LogP contribution in [-0.4, -0.2) is 10.1 Å². The summed E-state index contributed by atoms with van der Waals surface area (Å²) in [5, 5.41) is 13.6. The standard InChI is InChI=1S/C21H16N2O2S/c1-12(22-2)13-3-5-14(6-4-13)18-15(11-24)7-8-17-19(18)16-9-10-26-20(16)21(25)23-17/h3-10,12,24H,11H2,1H3,(H,23,25). The van der Waals surface area contributed by atoms with Crippen LogP contribution in [0.2, 0.25) is 0 Å². The van der Waals surface area contributed by atoms with E-state index >= 15 is 0 Å². The Morgan fingerprint density at radius 2 is 1.96 bits per heavy atom. The van der Waals surface area contributed by atoms with Crippen molar-refractivity contribution in [1.29, 1.82) is 0 Å². The molecule has 2 aromatic heterocycles. The number of pyridine rings is 1. The molecule has 128 valence electrons. The molecule has 2 aromatic carbocycles. The zero-order chi connectivity index (χ0) is 18.3. The van der Waals surface area contributed by atoms with Gasteiger partial charge in [-0.15, -0.1) is 11.3 Å². The van der Waals surface area contributed by atoms with Crippen LogP contribution in [0.3, 0.4) is 0 Å². The van der Waals surface area contributed by atoms with Crippen LogP contribution in [0.1, 0.15) is 24.1 Å². The number of H-pyrrole nitrogens is 1. The first kappa shape index (κ1) is 16.5. The van der Waals surface area contributed by atoms with Crippen molar-refractivity contribution in [3.63, 3.8) is 0 Å². The molecular weight excluding hydrogens is 344 g/mol. The lowest BCUT2D eigenvalue weighted by Gasteiger charge is -2.13. The van der Waals surface area contributed by atoms with E-state index in [1.54, 1.807) is 0 Å². The van der Waals surface area contributed by atoms with Gasteiger partial charge in [-0.1, -0.05) is 30.3 Å². The van der Waals surface area contributed by atoms with E-state index in [-0.39, 0.29) is 18.2 Å². The largest absolute Gasteiger partial charge is 0.392 e. The molecule has 0 bridgehead atoms. The summed E-state index contributed by atoms with van der Waals surface area (Å²) in [7, 11) is 0. The molecule has 1 unspecified atom stereocenters. The second-order valence-electron chi connectivity index (χ2n) is 6.22. The summed E-state index contributed by atoms with van der Waals surface area (Å²) in [6.45, 7) is 8.97. The summed E-state index contributed by atoms with van der Waals surface area (Å²) in [5.74, 6) is 0. The van der Waals surface area contributed by atoms with E-state index in [9.17, 15) is 9.90 Å². The second kappa shape index (κ2) is 6.41. The molecule has 0 spiro atoms. The normalized spacial score (nSPS) is 12.3. The van der Waals surface area contributed by atoms with E-state index in [0.717, 1.165) is 38.5 Å². The third-order valence-electron chi connectivity index (χ3n) is 4.73. The van der Waals surface area contributed by atoms with E-state index in [0.29, 0.717) is 4.70 Å². The van der Waals surface area contributed by atoms with E-state index < -0.39 is 0 Å². The average Bonchev–Trinajstić information content (AvgIpc) is 3.17. The van der Waals surface area contributed by atoms with E-state index in [1.165, 1.54) is 11.3 Å². The highest BCUT2D eigenvalue weighted by Crippen LogP contribution is 2.37. The number of nitrogens with zero attached hydrogens (tertiary/aromatic N) is 1. The molecule has 0 saturated heterocycles. The Labute approximate surface area is 154 Å². The quantitative estimate of drug-likeness (QED) is 0.512. The van der Waals surface area contributed by atoms with Gasteiger partial charge in [-0.3, -0.25) is 4.79 Å². The van der Waals surface area contributed by atoms with Crippen molar-refractivity contribution in [3.8, 4) is 11.1 Å². The van der Waals surface area contributed by atoms with Crippen LogP contribution >= 0.6 is 11.3 Å². The lowest BCUT2D eigenvalue weighted by atomic mass is 9.92. The van der Waals surface area contributed by atoms with Crippen LogP contribution in [0.15, 0.2) is 52.6 Å². The van der Waals surface area contributed by atoms with Gasteiger partial charge in [-0.2, -0.15) is 0 Å². The summed E-state index contributed by atoms with van der Waals surface area (Å²) >= 11 is 1.42. The first-order valence-corrected chi connectivity index (χ1v) is 9.15. The topological polar surface area (TPSA) is 57.4 Å². The van der Waals surface area contributed by atoms with Crippen molar-refractivity contribution in [2.75, 3.05) is 0 Å². The molecule has 4 rings (SSSR count). The molecule has 0 amide bonds. The highest BCUT2D eigenvalue weighted by Gasteiger charge is 2.16. The fourth-order valence-electron chi connectivity index (χ4n) is 3.36. The van der Waals surface area contributed by atoms with Crippen LogP contribution in [-0.2, 0) is 6.61 Å². The third-order valence-corrected chi connectivity index (χ3v) is 5.64. The van der Waals surface area contributed by atoms with Crippen LogP contribution < -0.4 is 5.56 Å². The van der Waals surface area contributed by atoms with Gasteiger partial charge < -0.3 is 14.9 Å². The first-order valence-electron chi connectivity index (χ1n) is 8.27. The number of rotatable bonds is 3. The average molecular weight is 360 g/mol. The number of hydrogen-bond acceptors (Lipinski definition) is 3. The third kappa shape index (κ3) is 2.51. The van der Waals surface area contributed by atoms with E-state index in [2.05, 4.69) is 9.83 Å². The van der Waals surface area contributed by atoms with Crippen LogP contribution in [0.4, 0.5) is 0 Å². The SMILES string of the molecule is [C-]#[N+]C(C)c1ccc(-c2c(CO)ccc3[nH]c(=O)c4sccc4c23)cc1.